The molecule has 0 radical (unpaired) electrons. The average Bonchev–Trinajstić information content (AvgIpc) is 3.93. The molecule has 0 bridgehead atoms. The van der Waals surface area contributed by atoms with Gasteiger partial charge in [-0.2, -0.15) is 0 Å². The Morgan fingerprint density at radius 2 is 0.956 bits per heavy atom. The van der Waals surface area contributed by atoms with Gasteiger partial charge in [-0.15, -0.1) is 0 Å². The van der Waals surface area contributed by atoms with Crippen LogP contribution in [0.1, 0.15) is 89.1 Å². The van der Waals surface area contributed by atoms with Crippen molar-refractivity contribution in [1.29, 1.82) is 0 Å². The molecule has 13 nitrogen and oxygen atoms in total. The molecule has 2 N–H and O–H groups in total. The van der Waals surface area contributed by atoms with Gasteiger partial charge in [-0.05, 0) is 155 Å². The molecule has 8 rings (SSSR count). The summed E-state index contributed by atoms with van der Waals surface area (Å²) in [6.45, 7) is 14.9. The normalized spacial score (nSPS) is 15.1. The molecule has 2 saturated heterocycles. The van der Waals surface area contributed by atoms with Gasteiger partial charge < -0.3 is 52.8 Å². The summed E-state index contributed by atoms with van der Waals surface area (Å²) in [6, 6.07) is 30.6. The third kappa shape index (κ3) is 14.2. The first-order chi connectivity index (χ1) is 33.3. The van der Waals surface area contributed by atoms with Gasteiger partial charge in [-0.3, -0.25) is 0 Å². The van der Waals surface area contributed by atoms with Crippen LogP contribution in [0.3, 0.4) is 0 Å². The Bertz CT molecular complexity index is 2450. The average molecular weight is 931 g/mol. The maximum absolute atomic E-state index is 10.9. The molecule has 0 spiro atoms. The Kier molecular flexibility index (Phi) is 19.3. The van der Waals surface area contributed by atoms with Gasteiger partial charge in [0.15, 0.2) is 0 Å². The second kappa shape index (κ2) is 26.2. The first-order valence-corrected chi connectivity index (χ1v) is 24.5. The summed E-state index contributed by atoms with van der Waals surface area (Å²) in [5.74, 6) is 0.782. The van der Waals surface area contributed by atoms with Gasteiger partial charge in [0.25, 0.3) is 0 Å². The number of methoxy groups -OCH3 is 1. The Morgan fingerprint density at radius 1 is 0.529 bits per heavy atom. The maximum atomic E-state index is 10.9. The summed E-state index contributed by atoms with van der Waals surface area (Å²) in [5, 5.41) is 20.7. The number of carbonyl (C=O) groups is 2. The number of hydrogen-bond donors (Lipinski definition) is 2. The molecule has 4 aromatic carbocycles. The van der Waals surface area contributed by atoms with Crippen LogP contribution in [0, 0.1) is 0 Å². The molecule has 0 atom stereocenters. The van der Waals surface area contributed by atoms with E-state index >= 15 is 0 Å². The van der Waals surface area contributed by atoms with Crippen molar-refractivity contribution in [2.45, 2.75) is 70.4 Å². The number of hydrogen-bond acceptors (Lipinski definition) is 9. The molecular weight excluding hydrogens is 861 g/mol. The van der Waals surface area contributed by atoms with Gasteiger partial charge in [0.1, 0.15) is 11.5 Å². The molecule has 2 fully saturated rings. The zero-order valence-electron chi connectivity index (χ0n) is 39.9. The number of rotatable bonds is 24. The van der Waals surface area contributed by atoms with Crippen LogP contribution in [0.2, 0.25) is 0 Å². The third-order valence-electron chi connectivity index (χ3n) is 13.3. The van der Waals surface area contributed by atoms with E-state index in [4.69, 9.17) is 33.9 Å². The molecule has 2 aromatic heterocycles. The number of fused-ring (bicyclic) bond motifs is 2. The molecule has 0 amide bonds. The lowest BCUT2D eigenvalue weighted by Gasteiger charge is -2.32. The van der Waals surface area contributed by atoms with E-state index < -0.39 is 11.9 Å². The number of aromatic carboxylic acids is 2. The van der Waals surface area contributed by atoms with E-state index in [1.54, 1.807) is 55.6 Å². The molecule has 4 heterocycles. The van der Waals surface area contributed by atoms with E-state index in [1.807, 2.05) is 6.92 Å². The Morgan fingerprint density at radius 3 is 1.37 bits per heavy atom. The van der Waals surface area contributed by atoms with Crippen LogP contribution in [-0.4, -0.2) is 134 Å². The number of aromatic nitrogens is 2. The van der Waals surface area contributed by atoms with Crippen LogP contribution in [-0.2, 0) is 27.3 Å². The van der Waals surface area contributed by atoms with Crippen LogP contribution in [0.4, 0.5) is 0 Å². The number of benzene rings is 4. The van der Waals surface area contributed by atoms with E-state index in [-0.39, 0.29) is 11.1 Å². The van der Waals surface area contributed by atoms with Gasteiger partial charge in [0.05, 0.1) is 50.8 Å². The van der Waals surface area contributed by atoms with Crippen LogP contribution >= 0.6 is 0 Å². The van der Waals surface area contributed by atoms with Gasteiger partial charge in [0.2, 0.25) is 0 Å². The number of carboxylic acid groups (broad SMARTS) is 2. The van der Waals surface area contributed by atoms with Crippen molar-refractivity contribution in [1.82, 2.24) is 18.9 Å². The zero-order chi connectivity index (χ0) is 47.5. The van der Waals surface area contributed by atoms with Crippen LogP contribution in [0.5, 0.6) is 11.5 Å². The van der Waals surface area contributed by atoms with E-state index in [0.29, 0.717) is 50.6 Å². The van der Waals surface area contributed by atoms with Crippen molar-refractivity contribution in [2.24, 2.45) is 0 Å². The van der Waals surface area contributed by atoms with Gasteiger partial charge in [-0.25, -0.2) is 9.59 Å². The minimum Gasteiger partial charge on any atom is -0.494 e. The minimum absolute atomic E-state index is 0.277. The number of ether oxygens (including phenoxy) is 5. The molecule has 0 unspecified atom stereocenters. The molecule has 2 aliphatic heterocycles. The molecule has 13 heteroatoms. The fourth-order valence-corrected chi connectivity index (χ4v) is 9.56. The molecule has 6 aromatic rings. The molecule has 68 heavy (non-hydrogen) atoms. The molecule has 0 saturated carbocycles. The third-order valence-corrected chi connectivity index (χ3v) is 13.3. The summed E-state index contributed by atoms with van der Waals surface area (Å²) < 4.78 is 32.6. The Balaban J connectivity index is 0.000000202. The van der Waals surface area contributed by atoms with Crippen molar-refractivity contribution in [3.05, 3.63) is 132 Å². The molecular formula is C55H70N4O9. The number of piperidine rings is 2. The van der Waals surface area contributed by atoms with E-state index in [1.165, 1.54) is 45.8 Å². The second-order valence-corrected chi connectivity index (χ2v) is 17.7. The van der Waals surface area contributed by atoms with Crippen LogP contribution < -0.4 is 9.47 Å². The first-order valence-electron chi connectivity index (χ1n) is 24.5. The van der Waals surface area contributed by atoms with Crippen molar-refractivity contribution in [3.63, 3.8) is 0 Å². The van der Waals surface area contributed by atoms with Crippen LogP contribution in [0.25, 0.3) is 21.8 Å². The lowest BCUT2D eigenvalue weighted by Crippen LogP contribution is -2.34. The summed E-state index contributed by atoms with van der Waals surface area (Å²) in [7, 11) is 1.69. The van der Waals surface area contributed by atoms with Crippen molar-refractivity contribution in [2.75, 3.05) is 92.6 Å². The smallest absolute Gasteiger partial charge is 0.335 e. The lowest BCUT2D eigenvalue weighted by atomic mass is 9.89. The van der Waals surface area contributed by atoms with Crippen LogP contribution in [0.15, 0.2) is 109 Å². The SMILES string of the molecule is CCOCCn1cc(C2CCN(CCCOc3ccc(C(=O)O)cc3)CC2)c2ccccc21.COCCOCCn1cc(C2CCN(CCCOc3ccc(C(=O)O)cc3)CC2)c2ccccc21. The highest BCUT2D eigenvalue weighted by molar-refractivity contribution is 5.88. The molecule has 364 valence electrons. The fraction of sp³-hybridized carbons (Fsp3) is 0.455. The monoisotopic (exact) mass is 931 g/mol. The predicted molar refractivity (Wildman–Crippen MR) is 267 cm³/mol. The van der Waals surface area contributed by atoms with E-state index in [0.717, 1.165) is 97.0 Å². The summed E-state index contributed by atoms with van der Waals surface area (Å²) in [6.07, 6.45) is 11.3. The van der Waals surface area contributed by atoms with Crippen molar-refractivity contribution >= 4 is 33.7 Å². The highest BCUT2D eigenvalue weighted by Crippen LogP contribution is 2.36. The maximum Gasteiger partial charge on any atom is 0.335 e. The number of nitrogens with zero attached hydrogens (tertiary/aromatic N) is 4. The number of carboxylic acids is 2. The van der Waals surface area contributed by atoms with Gasteiger partial charge in [0, 0.05) is 74.1 Å². The standard InChI is InChI=1S/C28H36N2O5.C27H34N2O4/c1-33-19-20-34-18-16-30-21-26(25-5-2-3-6-27(25)30)22-11-14-29(15-12-22)13-4-17-35-24-9-7-23(8-10-24)28(31)32;1-2-32-19-17-29-20-25(24-6-3-4-7-26(24)29)21-12-15-28(16-13-21)14-5-18-33-23-10-8-22(9-11-23)27(30)31/h2-3,5-10,21-22H,4,11-20H2,1H3,(H,31,32);3-4,6-11,20-21H,2,5,12-19H2,1H3,(H,30,31). The lowest BCUT2D eigenvalue weighted by molar-refractivity contribution is 0.0670. The van der Waals surface area contributed by atoms with E-state index in [9.17, 15) is 9.59 Å². The summed E-state index contributed by atoms with van der Waals surface area (Å²) in [4.78, 5) is 26.9. The van der Waals surface area contributed by atoms with E-state index in [2.05, 4.69) is 79.9 Å². The first kappa shape index (κ1) is 50.2. The van der Waals surface area contributed by atoms with Gasteiger partial charge >= 0.3 is 11.9 Å². The summed E-state index contributed by atoms with van der Waals surface area (Å²) in [5.41, 5.74) is 6.10. The number of para-hydroxylation sites is 2. The number of likely N-dealkylation sites (tertiary alicyclic amines) is 2. The van der Waals surface area contributed by atoms with Gasteiger partial charge in [-0.1, -0.05) is 36.4 Å². The highest BCUT2D eigenvalue weighted by atomic mass is 16.5. The Labute approximate surface area is 401 Å². The molecule has 2 aliphatic rings. The second-order valence-electron chi connectivity index (χ2n) is 17.7. The van der Waals surface area contributed by atoms with Crippen molar-refractivity contribution < 1.29 is 43.5 Å². The molecule has 0 aliphatic carbocycles. The zero-order valence-corrected chi connectivity index (χ0v) is 39.9. The van der Waals surface area contributed by atoms with Crippen molar-refractivity contribution in [3.8, 4) is 11.5 Å². The predicted octanol–water partition coefficient (Wildman–Crippen LogP) is 9.68. The fourth-order valence-electron chi connectivity index (χ4n) is 9.56. The quantitative estimate of drug-likeness (QED) is 0.0562. The highest BCUT2D eigenvalue weighted by Gasteiger charge is 2.25. The Hall–Kier alpha value is -5.70. The minimum atomic E-state index is -0.920. The summed E-state index contributed by atoms with van der Waals surface area (Å²) >= 11 is 0. The topological polar surface area (TPSA) is 137 Å². The largest absolute Gasteiger partial charge is 0.494 e.